The zero-order chi connectivity index (χ0) is 13.1. The Labute approximate surface area is 112 Å². The van der Waals surface area contributed by atoms with Gasteiger partial charge in [-0.15, -0.1) is 11.6 Å². The third-order valence-electron chi connectivity index (χ3n) is 3.11. The molecule has 0 amide bonds. The molecule has 100 valence electrons. The maximum atomic E-state index is 13.0. The summed E-state index contributed by atoms with van der Waals surface area (Å²) in [6, 6.07) is 4.53. The Kier molecular flexibility index (Phi) is 4.46. The van der Waals surface area contributed by atoms with E-state index in [0.29, 0.717) is 12.4 Å². The number of hydrogen-bond donors (Lipinski definition) is 0. The predicted molar refractivity (Wildman–Crippen MR) is 69.8 cm³/mol. The van der Waals surface area contributed by atoms with Crippen LogP contribution in [0.5, 0.6) is 5.75 Å². The molecule has 2 rings (SSSR count). The molecule has 3 atom stereocenters. The number of aryl methyl sites for hydroxylation is 1. The maximum absolute atomic E-state index is 13.0. The minimum Gasteiger partial charge on any atom is -0.487 e. The van der Waals surface area contributed by atoms with Crippen LogP contribution in [0.4, 0.5) is 4.39 Å². The molecule has 1 aliphatic carbocycles. The Morgan fingerprint density at radius 3 is 2.83 bits per heavy atom. The van der Waals surface area contributed by atoms with Crippen molar-refractivity contribution in [2.45, 2.75) is 44.3 Å². The maximum Gasteiger partial charge on any atom is 0.128 e. The lowest BCUT2D eigenvalue weighted by atomic mass is 9.90. The minimum absolute atomic E-state index is 0.0160. The molecule has 0 aliphatic heterocycles. The standard InChI is InChI=1S/C14H18ClFO2/c1-3-6-17-14-11(15)8-13(14)18-12-5-4-10(16)7-9(12)2/h4-5,7,11,13-14H,3,6,8H2,1-2H3. The van der Waals surface area contributed by atoms with Crippen molar-refractivity contribution >= 4 is 11.6 Å². The van der Waals surface area contributed by atoms with Crippen molar-refractivity contribution in [3.8, 4) is 5.75 Å². The van der Waals surface area contributed by atoms with Gasteiger partial charge in [0.05, 0.1) is 5.38 Å². The summed E-state index contributed by atoms with van der Waals surface area (Å²) in [6.07, 6.45) is 1.65. The van der Waals surface area contributed by atoms with Crippen LogP contribution in [0.2, 0.25) is 0 Å². The molecule has 3 unspecified atom stereocenters. The second kappa shape index (κ2) is 5.89. The van der Waals surface area contributed by atoms with Crippen LogP contribution in [0.25, 0.3) is 0 Å². The van der Waals surface area contributed by atoms with Gasteiger partial charge in [-0.05, 0) is 37.1 Å². The molecule has 0 radical (unpaired) electrons. The molecule has 0 N–H and O–H groups in total. The first-order chi connectivity index (χ1) is 8.61. The van der Waals surface area contributed by atoms with Crippen LogP contribution in [0.15, 0.2) is 18.2 Å². The molecule has 1 saturated carbocycles. The Balaban J connectivity index is 1.96. The first-order valence-electron chi connectivity index (χ1n) is 6.30. The molecule has 0 aromatic heterocycles. The van der Waals surface area contributed by atoms with Gasteiger partial charge in [-0.1, -0.05) is 6.92 Å². The van der Waals surface area contributed by atoms with Crippen molar-refractivity contribution in [2.24, 2.45) is 0 Å². The molecule has 1 aromatic rings. The van der Waals surface area contributed by atoms with Gasteiger partial charge in [-0.2, -0.15) is 0 Å². The third-order valence-corrected chi connectivity index (χ3v) is 3.54. The number of benzene rings is 1. The molecule has 18 heavy (non-hydrogen) atoms. The smallest absolute Gasteiger partial charge is 0.128 e. The normalized spacial score (nSPS) is 26.8. The summed E-state index contributed by atoms with van der Waals surface area (Å²) in [5.41, 5.74) is 0.794. The van der Waals surface area contributed by atoms with Crippen LogP contribution in [-0.2, 0) is 4.74 Å². The highest BCUT2D eigenvalue weighted by atomic mass is 35.5. The summed E-state index contributed by atoms with van der Waals surface area (Å²) in [6.45, 7) is 4.58. The zero-order valence-corrected chi connectivity index (χ0v) is 11.4. The molecule has 4 heteroatoms. The Morgan fingerprint density at radius 1 is 1.44 bits per heavy atom. The predicted octanol–water partition coefficient (Wildman–Crippen LogP) is 3.69. The van der Waals surface area contributed by atoms with E-state index in [9.17, 15) is 4.39 Å². The summed E-state index contributed by atoms with van der Waals surface area (Å²) in [5, 5.41) is 0.0160. The lowest BCUT2D eigenvalue weighted by Crippen LogP contribution is -2.52. The molecule has 2 nitrogen and oxygen atoms in total. The van der Waals surface area contributed by atoms with E-state index in [1.165, 1.54) is 12.1 Å². The fourth-order valence-corrected chi connectivity index (χ4v) is 2.43. The topological polar surface area (TPSA) is 18.5 Å². The molecule has 0 heterocycles. The Morgan fingerprint density at radius 2 is 2.22 bits per heavy atom. The largest absolute Gasteiger partial charge is 0.487 e. The average molecular weight is 273 g/mol. The van der Waals surface area contributed by atoms with Gasteiger partial charge >= 0.3 is 0 Å². The number of halogens is 2. The van der Waals surface area contributed by atoms with E-state index < -0.39 is 0 Å². The monoisotopic (exact) mass is 272 g/mol. The zero-order valence-electron chi connectivity index (χ0n) is 10.7. The second-order valence-corrected chi connectivity index (χ2v) is 5.21. The highest BCUT2D eigenvalue weighted by Gasteiger charge is 2.42. The summed E-state index contributed by atoms with van der Waals surface area (Å²) in [7, 11) is 0. The number of hydrogen-bond acceptors (Lipinski definition) is 2. The summed E-state index contributed by atoms with van der Waals surface area (Å²) in [4.78, 5) is 0. The number of alkyl halides is 1. The van der Waals surface area contributed by atoms with Gasteiger partial charge in [0.2, 0.25) is 0 Å². The fourth-order valence-electron chi connectivity index (χ4n) is 2.02. The van der Waals surface area contributed by atoms with Crippen molar-refractivity contribution in [1.82, 2.24) is 0 Å². The SMILES string of the molecule is CCCOC1C(Cl)CC1Oc1ccc(F)cc1C. The third kappa shape index (κ3) is 2.96. The van der Waals surface area contributed by atoms with Gasteiger partial charge in [-0.25, -0.2) is 4.39 Å². The first-order valence-corrected chi connectivity index (χ1v) is 6.74. The quantitative estimate of drug-likeness (QED) is 0.761. The van der Waals surface area contributed by atoms with Gasteiger partial charge in [-0.3, -0.25) is 0 Å². The van der Waals surface area contributed by atoms with Crippen LogP contribution in [-0.4, -0.2) is 24.2 Å². The van der Waals surface area contributed by atoms with Crippen LogP contribution < -0.4 is 4.74 Å². The second-order valence-electron chi connectivity index (χ2n) is 4.65. The van der Waals surface area contributed by atoms with E-state index >= 15 is 0 Å². The Hall–Kier alpha value is -0.800. The summed E-state index contributed by atoms with van der Waals surface area (Å²) in [5.74, 6) is 0.456. The number of rotatable bonds is 5. The van der Waals surface area contributed by atoms with Crippen LogP contribution in [0.3, 0.4) is 0 Å². The van der Waals surface area contributed by atoms with Gasteiger partial charge in [0.15, 0.2) is 0 Å². The lowest BCUT2D eigenvalue weighted by molar-refractivity contribution is -0.0799. The molecule has 0 saturated heterocycles. The molecular formula is C14H18ClFO2. The molecule has 1 fully saturated rings. The van der Waals surface area contributed by atoms with Crippen LogP contribution >= 0.6 is 11.6 Å². The van der Waals surface area contributed by atoms with Crippen molar-refractivity contribution in [1.29, 1.82) is 0 Å². The molecular weight excluding hydrogens is 255 g/mol. The summed E-state index contributed by atoms with van der Waals surface area (Å²) >= 11 is 6.11. The van der Waals surface area contributed by atoms with Gasteiger partial charge in [0, 0.05) is 13.0 Å². The fraction of sp³-hybridized carbons (Fsp3) is 0.571. The number of ether oxygens (including phenoxy) is 2. The molecule has 0 bridgehead atoms. The van der Waals surface area contributed by atoms with E-state index in [0.717, 1.165) is 18.4 Å². The Bertz CT molecular complexity index is 411. The van der Waals surface area contributed by atoms with Crippen molar-refractivity contribution in [3.05, 3.63) is 29.6 Å². The summed E-state index contributed by atoms with van der Waals surface area (Å²) < 4.78 is 24.5. The van der Waals surface area contributed by atoms with E-state index in [-0.39, 0.29) is 23.4 Å². The van der Waals surface area contributed by atoms with E-state index in [1.54, 1.807) is 6.07 Å². The van der Waals surface area contributed by atoms with Crippen molar-refractivity contribution in [3.63, 3.8) is 0 Å². The van der Waals surface area contributed by atoms with E-state index in [1.807, 2.05) is 6.92 Å². The van der Waals surface area contributed by atoms with E-state index in [2.05, 4.69) is 6.92 Å². The van der Waals surface area contributed by atoms with Gasteiger partial charge in [0.25, 0.3) is 0 Å². The van der Waals surface area contributed by atoms with E-state index in [4.69, 9.17) is 21.1 Å². The van der Waals surface area contributed by atoms with Crippen LogP contribution in [0.1, 0.15) is 25.3 Å². The molecule has 1 aliphatic rings. The molecule has 0 spiro atoms. The van der Waals surface area contributed by atoms with Gasteiger partial charge in [0.1, 0.15) is 23.8 Å². The minimum atomic E-state index is -0.248. The lowest BCUT2D eigenvalue weighted by Gasteiger charge is -2.40. The van der Waals surface area contributed by atoms with Crippen molar-refractivity contribution < 1.29 is 13.9 Å². The molecule has 1 aromatic carbocycles. The first kappa shape index (κ1) is 13.6. The van der Waals surface area contributed by atoms with Gasteiger partial charge < -0.3 is 9.47 Å². The highest BCUT2D eigenvalue weighted by Crippen LogP contribution is 2.34. The van der Waals surface area contributed by atoms with Crippen LogP contribution in [0, 0.1) is 12.7 Å². The highest BCUT2D eigenvalue weighted by molar-refractivity contribution is 6.21. The van der Waals surface area contributed by atoms with Crippen molar-refractivity contribution in [2.75, 3.05) is 6.61 Å². The average Bonchev–Trinajstić information content (AvgIpc) is 2.32.